The number of amides is 2. The molecular weight excluding hydrogens is 342 g/mol. The Morgan fingerprint density at radius 2 is 1.95 bits per heavy atom. The highest BCUT2D eigenvalue weighted by Gasteiger charge is 2.26. The third-order valence-corrected chi connectivity index (χ3v) is 3.67. The molecule has 0 unspecified atom stereocenters. The van der Waals surface area contributed by atoms with E-state index in [0.717, 1.165) is 17.3 Å². The number of hydrogen-bond acceptors (Lipinski definition) is 5. The molecule has 1 aliphatic heterocycles. The summed E-state index contributed by atoms with van der Waals surface area (Å²) in [5.74, 6) is -0.196. The maximum atomic E-state index is 11.5. The summed E-state index contributed by atoms with van der Waals surface area (Å²) in [6, 6.07) is 3.62. The van der Waals surface area contributed by atoms with Crippen LogP contribution >= 0.6 is 15.9 Å². The van der Waals surface area contributed by atoms with Crippen LogP contribution < -0.4 is 20.2 Å². The van der Waals surface area contributed by atoms with Crippen LogP contribution in [-0.2, 0) is 9.59 Å². The number of rotatable bonds is 3. The minimum absolute atomic E-state index is 0.134. The van der Waals surface area contributed by atoms with Crippen molar-refractivity contribution < 1.29 is 19.1 Å². The van der Waals surface area contributed by atoms with E-state index in [2.05, 4.69) is 31.8 Å². The molecule has 1 heterocycles. The maximum Gasteiger partial charge on any atom is 0.329 e. The van der Waals surface area contributed by atoms with Gasteiger partial charge in [0.1, 0.15) is 0 Å². The Kier molecular flexibility index (Phi) is 3.78. The number of benzene rings is 1. The van der Waals surface area contributed by atoms with E-state index < -0.39 is 11.8 Å². The van der Waals surface area contributed by atoms with Crippen LogP contribution in [0.2, 0.25) is 0 Å². The number of fused-ring (bicyclic) bond motifs is 1. The molecular formula is C13H12BrN3O4. The largest absolute Gasteiger partial charge is 0.454 e. The zero-order valence-electron chi connectivity index (χ0n) is 10.9. The molecule has 0 spiro atoms. The number of ether oxygens (including phenoxy) is 2. The highest BCUT2D eigenvalue weighted by Crippen LogP contribution is 2.36. The van der Waals surface area contributed by atoms with Gasteiger partial charge in [0.2, 0.25) is 6.79 Å². The number of hydrazone groups is 1. The lowest BCUT2D eigenvalue weighted by atomic mass is 10.2. The first-order chi connectivity index (χ1) is 10.1. The Labute approximate surface area is 128 Å². The predicted octanol–water partition coefficient (Wildman–Crippen LogP) is 0.906. The topological polar surface area (TPSA) is 89.0 Å². The van der Waals surface area contributed by atoms with Crippen molar-refractivity contribution in [2.45, 2.75) is 18.9 Å². The van der Waals surface area contributed by atoms with Crippen LogP contribution in [0.3, 0.4) is 0 Å². The monoisotopic (exact) mass is 353 g/mol. The molecule has 2 N–H and O–H groups in total. The standard InChI is InChI=1S/C13H12BrN3O4/c14-9-4-11-10(20-6-21-11)3-7(9)5-15-17-13(19)12(18)16-8-1-2-8/h3-5,8H,1-2,6H2,(H,16,18)(H,17,19)/b15-5-. The van der Waals surface area contributed by atoms with Crippen LogP contribution in [0, 0.1) is 0 Å². The lowest BCUT2D eigenvalue weighted by Gasteiger charge is -2.02. The van der Waals surface area contributed by atoms with Crippen molar-refractivity contribution in [3.8, 4) is 11.5 Å². The molecule has 1 aromatic rings. The van der Waals surface area contributed by atoms with Crippen LogP contribution in [0.15, 0.2) is 21.7 Å². The molecule has 1 fully saturated rings. The smallest absolute Gasteiger partial charge is 0.329 e. The maximum absolute atomic E-state index is 11.5. The zero-order chi connectivity index (χ0) is 14.8. The summed E-state index contributed by atoms with van der Waals surface area (Å²) in [5.41, 5.74) is 2.88. The molecule has 1 aliphatic carbocycles. The van der Waals surface area contributed by atoms with E-state index in [0.29, 0.717) is 17.1 Å². The number of nitrogens with zero attached hydrogens (tertiary/aromatic N) is 1. The van der Waals surface area contributed by atoms with Gasteiger partial charge in [-0.2, -0.15) is 5.10 Å². The summed E-state index contributed by atoms with van der Waals surface area (Å²) in [7, 11) is 0. The quantitative estimate of drug-likeness (QED) is 0.480. The van der Waals surface area contributed by atoms with Crippen molar-refractivity contribution >= 4 is 34.0 Å². The second-order valence-corrected chi connectivity index (χ2v) is 5.53. The van der Waals surface area contributed by atoms with Crippen molar-refractivity contribution in [1.82, 2.24) is 10.7 Å². The molecule has 2 aliphatic rings. The summed E-state index contributed by atoms with van der Waals surface area (Å²) < 4.78 is 11.2. The van der Waals surface area contributed by atoms with E-state index in [1.807, 2.05) is 0 Å². The van der Waals surface area contributed by atoms with Gasteiger partial charge in [0.05, 0.1) is 6.21 Å². The molecule has 0 aromatic heterocycles. The number of carbonyl (C=O) groups excluding carboxylic acids is 2. The van der Waals surface area contributed by atoms with Gasteiger partial charge >= 0.3 is 11.8 Å². The fraction of sp³-hybridized carbons (Fsp3) is 0.308. The predicted molar refractivity (Wildman–Crippen MR) is 77.2 cm³/mol. The number of carbonyl (C=O) groups is 2. The highest BCUT2D eigenvalue weighted by atomic mass is 79.9. The van der Waals surface area contributed by atoms with E-state index in [4.69, 9.17) is 9.47 Å². The Balaban J connectivity index is 1.60. The zero-order valence-corrected chi connectivity index (χ0v) is 12.5. The Morgan fingerprint density at radius 1 is 1.24 bits per heavy atom. The van der Waals surface area contributed by atoms with Crippen LogP contribution in [0.1, 0.15) is 18.4 Å². The normalized spacial score (nSPS) is 16.0. The van der Waals surface area contributed by atoms with Gasteiger partial charge in [0, 0.05) is 16.1 Å². The van der Waals surface area contributed by atoms with Gasteiger partial charge in [-0.1, -0.05) is 0 Å². The van der Waals surface area contributed by atoms with Crippen LogP contribution in [0.25, 0.3) is 0 Å². The molecule has 0 atom stereocenters. The average molecular weight is 354 g/mol. The number of halogens is 1. The third kappa shape index (κ3) is 3.33. The van der Waals surface area contributed by atoms with Gasteiger partial charge in [-0.05, 0) is 40.9 Å². The fourth-order valence-corrected chi connectivity index (χ4v) is 2.15. The van der Waals surface area contributed by atoms with Gasteiger partial charge in [0.15, 0.2) is 11.5 Å². The van der Waals surface area contributed by atoms with E-state index in [-0.39, 0.29) is 12.8 Å². The van der Waals surface area contributed by atoms with Crippen molar-refractivity contribution in [2.24, 2.45) is 5.10 Å². The van der Waals surface area contributed by atoms with Gasteiger partial charge < -0.3 is 14.8 Å². The van der Waals surface area contributed by atoms with Crippen molar-refractivity contribution in [2.75, 3.05) is 6.79 Å². The number of hydrogen-bond donors (Lipinski definition) is 2. The minimum Gasteiger partial charge on any atom is -0.454 e. The fourth-order valence-electron chi connectivity index (χ4n) is 1.72. The van der Waals surface area contributed by atoms with E-state index in [1.165, 1.54) is 6.21 Å². The SMILES string of the molecule is O=C(N/N=C\c1cc2c(cc1Br)OCO2)C(=O)NC1CC1. The van der Waals surface area contributed by atoms with E-state index in [1.54, 1.807) is 12.1 Å². The summed E-state index contributed by atoms with van der Waals surface area (Å²) in [6.07, 6.45) is 3.27. The molecule has 3 rings (SSSR count). The first-order valence-electron chi connectivity index (χ1n) is 6.36. The van der Waals surface area contributed by atoms with Gasteiger partial charge in [-0.15, -0.1) is 0 Å². The lowest BCUT2D eigenvalue weighted by Crippen LogP contribution is -2.38. The summed E-state index contributed by atoms with van der Waals surface area (Å²) in [4.78, 5) is 22.9. The van der Waals surface area contributed by atoms with Crippen LogP contribution in [0.4, 0.5) is 0 Å². The lowest BCUT2D eigenvalue weighted by molar-refractivity contribution is -0.139. The summed E-state index contributed by atoms with van der Waals surface area (Å²) >= 11 is 3.37. The molecule has 8 heteroatoms. The second-order valence-electron chi connectivity index (χ2n) is 4.67. The first-order valence-corrected chi connectivity index (χ1v) is 7.16. The molecule has 1 aromatic carbocycles. The molecule has 0 radical (unpaired) electrons. The third-order valence-electron chi connectivity index (χ3n) is 2.98. The van der Waals surface area contributed by atoms with E-state index in [9.17, 15) is 9.59 Å². The Bertz CT molecular complexity index is 628. The minimum atomic E-state index is -0.782. The van der Waals surface area contributed by atoms with Crippen LogP contribution in [-0.4, -0.2) is 30.9 Å². The van der Waals surface area contributed by atoms with Crippen LogP contribution in [0.5, 0.6) is 11.5 Å². The van der Waals surface area contributed by atoms with Crippen molar-refractivity contribution in [1.29, 1.82) is 0 Å². The molecule has 2 amide bonds. The van der Waals surface area contributed by atoms with Crippen molar-refractivity contribution in [3.05, 3.63) is 22.2 Å². The van der Waals surface area contributed by atoms with Gasteiger partial charge in [-0.3, -0.25) is 9.59 Å². The Morgan fingerprint density at radius 3 is 2.67 bits per heavy atom. The molecule has 0 bridgehead atoms. The average Bonchev–Trinajstić information content (AvgIpc) is 3.15. The molecule has 0 saturated heterocycles. The van der Waals surface area contributed by atoms with E-state index >= 15 is 0 Å². The van der Waals surface area contributed by atoms with Crippen molar-refractivity contribution in [3.63, 3.8) is 0 Å². The Hall–Kier alpha value is -2.09. The first kappa shape index (κ1) is 13.9. The van der Waals surface area contributed by atoms with Gasteiger partial charge in [-0.25, -0.2) is 5.43 Å². The molecule has 1 saturated carbocycles. The number of nitrogens with one attached hydrogen (secondary N) is 2. The second kappa shape index (κ2) is 5.72. The van der Waals surface area contributed by atoms with Gasteiger partial charge in [0.25, 0.3) is 0 Å². The summed E-state index contributed by atoms with van der Waals surface area (Å²) in [6.45, 7) is 0.181. The molecule has 21 heavy (non-hydrogen) atoms. The molecule has 7 nitrogen and oxygen atoms in total. The summed E-state index contributed by atoms with van der Waals surface area (Å²) in [5, 5.41) is 6.34. The molecule has 110 valence electrons. The highest BCUT2D eigenvalue weighted by molar-refractivity contribution is 9.10.